The van der Waals surface area contributed by atoms with Crippen molar-refractivity contribution in [1.82, 2.24) is 4.31 Å². The summed E-state index contributed by atoms with van der Waals surface area (Å²) in [5, 5.41) is 11.3. The summed E-state index contributed by atoms with van der Waals surface area (Å²) in [6, 6.07) is 9.34. The second kappa shape index (κ2) is 7.64. The van der Waals surface area contributed by atoms with Gasteiger partial charge in [0.25, 0.3) is 5.69 Å². The average molecular weight is 418 g/mol. The van der Waals surface area contributed by atoms with Crippen molar-refractivity contribution in [3.63, 3.8) is 0 Å². The van der Waals surface area contributed by atoms with Gasteiger partial charge in [0.1, 0.15) is 0 Å². The predicted molar refractivity (Wildman–Crippen MR) is 105 cm³/mol. The molecule has 2 aliphatic rings. The van der Waals surface area contributed by atoms with Crippen LogP contribution in [0.3, 0.4) is 0 Å². The van der Waals surface area contributed by atoms with Crippen LogP contribution in [0.5, 0.6) is 11.5 Å². The minimum atomic E-state index is -3.91. The van der Waals surface area contributed by atoms with Crippen molar-refractivity contribution in [3.05, 3.63) is 57.6 Å². The van der Waals surface area contributed by atoms with Crippen molar-refractivity contribution in [2.75, 3.05) is 6.79 Å². The number of fused-ring (bicyclic) bond motifs is 1. The molecule has 4 rings (SSSR count). The minimum absolute atomic E-state index is 0.0533. The van der Waals surface area contributed by atoms with Crippen LogP contribution in [0.15, 0.2) is 41.3 Å². The van der Waals surface area contributed by atoms with E-state index >= 15 is 0 Å². The Morgan fingerprint density at radius 3 is 2.55 bits per heavy atom. The summed E-state index contributed by atoms with van der Waals surface area (Å²) in [6.45, 7) is 1.91. The van der Waals surface area contributed by atoms with Crippen molar-refractivity contribution in [2.24, 2.45) is 0 Å². The molecule has 1 heterocycles. The minimum Gasteiger partial charge on any atom is -0.454 e. The highest BCUT2D eigenvalue weighted by molar-refractivity contribution is 7.89. The van der Waals surface area contributed by atoms with E-state index in [2.05, 4.69) is 0 Å². The van der Waals surface area contributed by atoms with Crippen molar-refractivity contribution < 1.29 is 22.8 Å². The molecule has 0 N–H and O–H groups in total. The van der Waals surface area contributed by atoms with E-state index in [4.69, 9.17) is 9.47 Å². The first kappa shape index (κ1) is 19.7. The molecule has 0 radical (unpaired) electrons. The Morgan fingerprint density at radius 2 is 1.83 bits per heavy atom. The molecule has 0 spiro atoms. The molecule has 9 heteroatoms. The largest absolute Gasteiger partial charge is 0.454 e. The highest BCUT2D eigenvalue weighted by Crippen LogP contribution is 2.36. The highest BCUT2D eigenvalue weighted by atomic mass is 32.2. The maximum atomic E-state index is 13.5. The molecule has 8 nitrogen and oxygen atoms in total. The molecule has 0 bridgehead atoms. The third kappa shape index (κ3) is 3.79. The zero-order valence-electron chi connectivity index (χ0n) is 16.0. The van der Waals surface area contributed by atoms with Gasteiger partial charge in [0.05, 0.1) is 9.82 Å². The lowest BCUT2D eigenvalue weighted by atomic mass is 10.1. The van der Waals surface area contributed by atoms with Crippen LogP contribution in [0.4, 0.5) is 5.69 Å². The van der Waals surface area contributed by atoms with E-state index in [-0.39, 0.29) is 30.0 Å². The summed E-state index contributed by atoms with van der Waals surface area (Å²) < 4.78 is 39.2. The monoisotopic (exact) mass is 418 g/mol. The van der Waals surface area contributed by atoms with Gasteiger partial charge in [-0.05, 0) is 43.5 Å². The molecule has 0 unspecified atom stereocenters. The summed E-state index contributed by atoms with van der Waals surface area (Å²) in [6.07, 6.45) is 3.48. The van der Waals surface area contributed by atoms with Crippen LogP contribution in [-0.4, -0.2) is 30.5 Å². The van der Waals surface area contributed by atoms with Gasteiger partial charge in [-0.1, -0.05) is 25.0 Å². The van der Waals surface area contributed by atoms with E-state index < -0.39 is 14.9 Å². The molecular weight excluding hydrogens is 396 g/mol. The number of sulfonamides is 1. The number of nitrogens with zero attached hydrogens (tertiary/aromatic N) is 2. The topological polar surface area (TPSA) is 99.0 Å². The first-order valence-electron chi connectivity index (χ1n) is 9.51. The normalized spacial score (nSPS) is 16.5. The quantitative estimate of drug-likeness (QED) is 0.523. The Morgan fingerprint density at radius 1 is 1.10 bits per heavy atom. The second-order valence-corrected chi connectivity index (χ2v) is 9.27. The maximum absolute atomic E-state index is 13.5. The Hall–Kier alpha value is -2.65. The van der Waals surface area contributed by atoms with Crippen LogP contribution in [0.25, 0.3) is 0 Å². The Kier molecular flexibility index (Phi) is 5.18. The number of benzene rings is 2. The number of nitro benzene ring substituents is 1. The molecule has 0 saturated heterocycles. The van der Waals surface area contributed by atoms with Gasteiger partial charge >= 0.3 is 0 Å². The molecule has 0 amide bonds. The van der Waals surface area contributed by atoms with Gasteiger partial charge < -0.3 is 9.47 Å². The van der Waals surface area contributed by atoms with E-state index in [1.165, 1.54) is 16.4 Å². The lowest BCUT2D eigenvalue weighted by molar-refractivity contribution is -0.385. The number of ether oxygens (including phenoxy) is 2. The van der Waals surface area contributed by atoms with Gasteiger partial charge in [0, 0.05) is 24.2 Å². The Balaban J connectivity index is 1.71. The third-order valence-electron chi connectivity index (χ3n) is 5.49. The van der Waals surface area contributed by atoms with Crippen LogP contribution in [-0.2, 0) is 16.6 Å². The van der Waals surface area contributed by atoms with Crippen LogP contribution in [0.2, 0.25) is 0 Å². The first-order valence-corrected chi connectivity index (χ1v) is 11.0. The smallest absolute Gasteiger partial charge is 0.273 e. The summed E-state index contributed by atoms with van der Waals surface area (Å²) in [4.78, 5) is 10.7. The number of nitro groups is 1. The molecule has 2 aromatic rings. The second-order valence-electron chi connectivity index (χ2n) is 7.38. The molecule has 154 valence electrons. The fraction of sp³-hybridized carbons (Fsp3) is 0.400. The van der Waals surface area contributed by atoms with Crippen LogP contribution in [0.1, 0.15) is 36.8 Å². The van der Waals surface area contributed by atoms with E-state index in [0.717, 1.165) is 37.3 Å². The summed E-state index contributed by atoms with van der Waals surface area (Å²) in [5.74, 6) is 1.23. The van der Waals surface area contributed by atoms with Crippen molar-refractivity contribution in [2.45, 2.75) is 50.1 Å². The Labute approximate surface area is 169 Å². The predicted octanol–water partition coefficient (Wildman–Crippen LogP) is 3.77. The highest BCUT2D eigenvalue weighted by Gasteiger charge is 2.34. The van der Waals surface area contributed by atoms with Crippen molar-refractivity contribution >= 4 is 15.7 Å². The summed E-state index contributed by atoms with van der Waals surface area (Å²) in [5.41, 5.74) is 1.02. The zero-order chi connectivity index (χ0) is 20.6. The SMILES string of the molecule is Cc1ccc(S(=O)(=O)N(Cc2ccc3c(c2)OCO3)C2CCCC2)cc1[N+](=O)[O-]. The van der Waals surface area contributed by atoms with Gasteiger partial charge in [-0.2, -0.15) is 4.31 Å². The number of aryl methyl sites for hydroxylation is 1. The van der Waals surface area contributed by atoms with Gasteiger partial charge in [-0.25, -0.2) is 8.42 Å². The molecule has 0 atom stereocenters. The van der Waals surface area contributed by atoms with Crippen LogP contribution >= 0.6 is 0 Å². The Bertz CT molecular complexity index is 1050. The van der Waals surface area contributed by atoms with E-state index in [0.29, 0.717) is 17.1 Å². The molecule has 1 saturated carbocycles. The molecule has 29 heavy (non-hydrogen) atoms. The molecule has 2 aromatic carbocycles. The molecule has 0 aromatic heterocycles. The summed E-state index contributed by atoms with van der Waals surface area (Å²) in [7, 11) is -3.91. The van der Waals surface area contributed by atoms with Crippen molar-refractivity contribution in [1.29, 1.82) is 0 Å². The molecule has 1 aliphatic heterocycles. The zero-order valence-corrected chi connectivity index (χ0v) is 16.9. The molecule has 1 fully saturated rings. The van der Waals surface area contributed by atoms with E-state index in [1.54, 1.807) is 19.1 Å². The van der Waals surface area contributed by atoms with Gasteiger partial charge in [0.2, 0.25) is 16.8 Å². The maximum Gasteiger partial charge on any atom is 0.273 e. The standard InChI is InChI=1S/C20H22N2O6S/c1-14-6-8-17(11-18(14)22(23)24)29(25,26)21(16-4-2-3-5-16)12-15-7-9-19-20(10-15)28-13-27-19/h6-11,16H,2-5,12-13H2,1H3. The third-order valence-corrected chi connectivity index (χ3v) is 7.39. The number of hydrogen-bond acceptors (Lipinski definition) is 6. The van der Waals surface area contributed by atoms with Crippen LogP contribution < -0.4 is 9.47 Å². The fourth-order valence-corrected chi connectivity index (χ4v) is 5.60. The lowest BCUT2D eigenvalue weighted by Gasteiger charge is -2.28. The van der Waals surface area contributed by atoms with Gasteiger partial charge in [0.15, 0.2) is 11.5 Å². The lowest BCUT2D eigenvalue weighted by Crippen LogP contribution is -2.38. The van der Waals surface area contributed by atoms with Crippen LogP contribution in [0, 0.1) is 17.0 Å². The number of hydrogen-bond donors (Lipinski definition) is 0. The fourth-order valence-electron chi connectivity index (χ4n) is 3.90. The average Bonchev–Trinajstić information content (AvgIpc) is 3.37. The van der Waals surface area contributed by atoms with E-state index in [9.17, 15) is 18.5 Å². The van der Waals surface area contributed by atoms with E-state index in [1.807, 2.05) is 6.07 Å². The summed E-state index contributed by atoms with van der Waals surface area (Å²) >= 11 is 0. The van der Waals surface area contributed by atoms with Crippen molar-refractivity contribution in [3.8, 4) is 11.5 Å². The number of rotatable bonds is 6. The molecular formula is C20H22N2O6S. The molecule has 1 aliphatic carbocycles. The van der Waals surface area contributed by atoms with Gasteiger partial charge in [-0.3, -0.25) is 10.1 Å². The van der Waals surface area contributed by atoms with Gasteiger partial charge in [-0.15, -0.1) is 0 Å². The first-order chi connectivity index (χ1) is 13.9.